The van der Waals surface area contributed by atoms with Crippen LogP contribution in [0.1, 0.15) is 37.8 Å². The molecule has 0 aromatic heterocycles. The number of nitrogens with one attached hydrogen (secondary N) is 1. The average Bonchev–Trinajstić information content (AvgIpc) is 2.40. The van der Waals surface area contributed by atoms with Crippen LogP contribution in [0.3, 0.4) is 0 Å². The first-order valence-electron chi connectivity index (χ1n) is 6.84. The van der Waals surface area contributed by atoms with E-state index < -0.39 is 15.3 Å². The maximum Gasteiger partial charge on any atom is 0.220 e. The van der Waals surface area contributed by atoms with Gasteiger partial charge in [-0.15, -0.1) is 0 Å². The fourth-order valence-corrected chi connectivity index (χ4v) is 3.47. The molecule has 0 radical (unpaired) electrons. The number of carbonyl (C=O) groups excluding carboxylic acids is 1. The molecule has 1 fully saturated rings. The van der Waals surface area contributed by atoms with Gasteiger partial charge in [-0.25, -0.2) is 13.6 Å². The molecule has 21 heavy (non-hydrogen) atoms. The Morgan fingerprint density at radius 1 is 1.38 bits per heavy atom. The Morgan fingerprint density at radius 2 is 2.00 bits per heavy atom. The molecular formula is C14H19BrN2O3S. The highest BCUT2D eigenvalue weighted by Crippen LogP contribution is 2.34. The summed E-state index contributed by atoms with van der Waals surface area (Å²) >= 11 is 3.38. The molecule has 1 unspecified atom stereocenters. The molecule has 1 heterocycles. The van der Waals surface area contributed by atoms with Crippen LogP contribution in [-0.2, 0) is 14.8 Å². The van der Waals surface area contributed by atoms with Crippen LogP contribution in [0, 0.1) is 5.92 Å². The lowest BCUT2D eigenvalue weighted by Gasteiger charge is -2.34. The zero-order valence-electron chi connectivity index (χ0n) is 11.8. The smallest absolute Gasteiger partial charge is 0.220 e. The van der Waals surface area contributed by atoms with Crippen molar-refractivity contribution in [1.29, 1.82) is 0 Å². The van der Waals surface area contributed by atoms with Gasteiger partial charge in [-0.2, -0.15) is 0 Å². The quantitative estimate of drug-likeness (QED) is 0.845. The molecule has 1 aromatic rings. The summed E-state index contributed by atoms with van der Waals surface area (Å²) in [5, 5.41) is 7.56. The molecule has 0 aliphatic carbocycles. The fraction of sp³-hybridized carbons (Fsp3) is 0.500. The summed E-state index contributed by atoms with van der Waals surface area (Å²) in [6.45, 7) is 1.62. The molecule has 1 amide bonds. The average molecular weight is 375 g/mol. The summed E-state index contributed by atoms with van der Waals surface area (Å²) in [4.78, 5) is 11.7. The van der Waals surface area contributed by atoms with Gasteiger partial charge in [-0.3, -0.25) is 4.79 Å². The zero-order valence-corrected chi connectivity index (χ0v) is 14.2. The van der Waals surface area contributed by atoms with Crippen LogP contribution < -0.4 is 10.5 Å². The van der Waals surface area contributed by atoms with Crippen molar-refractivity contribution in [3.05, 3.63) is 34.3 Å². The molecule has 1 saturated heterocycles. The third-order valence-electron chi connectivity index (χ3n) is 3.95. The van der Waals surface area contributed by atoms with Crippen molar-refractivity contribution in [2.75, 3.05) is 0 Å². The topological polar surface area (TPSA) is 89.3 Å². The second-order valence-electron chi connectivity index (χ2n) is 5.53. The number of piperidine rings is 1. The molecule has 0 saturated carbocycles. The molecule has 0 bridgehead atoms. The number of sulfonamides is 1. The number of rotatable bonds is 4. The van der Waals surface area contributed by atoms with Gasteiger partial charge in [0.15, 0.2) is 0 Å². The summed E-state index contributed by atoms with van der Waals surface area (Å²) < 4.78 is 23.8. The Bertz CT molecular complexity index is 616. The van der Waals surface area contributed by atoms with E-state index in [0.717, 1.165) is 10.0 Å². The van der Waals surface area contributed by atoms with E-state index in [9.17, 15) is 13.2 Å². The SMILES string of the molecule is CC(C[C@@H]1CCC(=O)N[C@@H]1c1ccc(Br)cc1)S(N)(=O)=O. The third-order valence-corrected chi connectivity index (χ3v) is 5.80. The van der Waals surface area contributed by atoms with Gasteiger partial charge in [0.2, 0.25) is 15.9 Å². The number of hydrogen-bond acceptors (Lipinski definition) is 3. The molecule has 3 N–H and O–H groups in total. The van der Waals surface area contributed by atoms with Crippen LogP contribution in [0.25, 0.3) is 0 Å². The molecular weight excluding hydrogens is 356 g/mol. The Labute approximate surface area is 133 Å². The highest BCUT2D eigenvalue weighted by Gasteiger charge is 2.32. The van der Waals surface area contributed by atoms with Crippen molar-refractivity contribution in [1.82, 2.24) is 5.32 Å². The van der Waals surface area contributed by atoms with Gasteiger partial charge in [0.1, 0.15) is 0 Å². The maximum atomic E-state index is 11.7. The largest absolute Gasteiger partial charge is 0.349 e. The predicted octanol–water partition coefficient (Wildman–Crippen LogP) is 2.08. The third kappa shape index (κ3) is 4.28. The van der Waals surface area contributed by atoms with Crippen LogP contribution in [0.15, 0.2) is 28.7 Å². The van der Waals surface area contributed by atoms with Crippen LogP contribution in [0.4, 0.5) is 0 Å². The van der Waals surface area contributed by atoms with Gasteiger partial charge in [0, 0.05) is 10.9 Å². The molecule has 2 rings (SSSR count). The van der Waals surface area contributed by atoms with Crippen molar-refractivity contribution in [2.24, 2.45) is 11.1 Å². The van der Waals surface area contributed by atoms with Crippen LogP contribution in [-0.4, -0.2) is 19.6 Å². The number of amides is 1. The monoisotopic (exact) mass is 374 g/mol. The number of benzene rings is 1. The summed E-state index contributed by atoms with van der Waals surface area (Å²) in [6, 6.07) is 7.54. The normalized spacial score (nSPS) is 24.4. The summed E-state index contributed by atoms with van der Waals surface area (Å²) in [5.41, 5.74) is 0.984. The van der Waals surface area contributed by atoms with Crippen molar-refractivity contribution in [2.45, 2.75) is 37.5 Å². The Morgan fingerprint density at radius 3 is 2.57 bits per heavy atom. The highest BCUT2D eigenvalue weighted by molar-refractivity contribution is 9.10. The van der Waals surface area contributed by atoms with Crippen molar-refractivity contribution >= 4 is 31.9 Å². The molecule has 116 valence electrons. The fourth-order valence-electron chi connectivity index (χ4n) is 2.69. The van der Waals surface area contributed by atoms with Gasteiger partial charge in [0.05, 0.1) is 11.3 Å². The van der Waals surface area contributed by atoms with E-state index in [1.165, 1.54) is 0 Å². The standard InChI is InChI=1S/C14H19BrN2O3S/c1-9(21(16,19)20)8-11-4-7-13(18)17-14(11)10-2-5-12(15)6-3-10/h2-3,5-6,9,11,14H,4,7-8H2,1H3,(H,17,18)(H2,16,19,20)/t9?,11-,14+/m0/s1. The molecule has 5 nitrogen and oxygen atoms in total. The predicted molar refractivity (Wildman–Crippen MR) is 84.9 cm³/mol. The van der Waals surface area contributed by atoms with E-state index in [2.05, 4.69) is 21.2 Å². The minimum absolute atomic E-state index is 0.00225. The number of nitrogens with two attached hydrogens (primary N) is 1. The van der Waals surface area contributed by atoms with E-state index in [4.69, 9.17) is 5.14 Å². The van der Waals surface area contributed by atoms with Crippen molar-refractivity contribution in [3.8, 4) is 0 Å². The van der Waals surface area contributed by atoms with Crippen molar-refractivity contribution < 1.29 is 13.2 Å². The molecule has 1 aromatic carbocycles. The number of primary sulfonamides is 1. The molecule has 7 heteroatoms. The molecule has 3 atom stereocenters. The van der Waals surface area contributed by atoms with Crippen LogP contribution >= 0.6 is 15.9 Å². The first kappa shape index (κ1) is 16.5. The van der Waals surface area contributed by atoms with Crippen molar-refractivity contribution in [3.63, 3.8) is 0 Å². The maximum absolute atomic E-state index is 11.7. The Kier molecular flexibility index (Phi) is 5.06. The van der Waals surface area contributed by atoms with Gasteiger partial charge >= 0.3 is 0 Å². The van der Waals surface area contributed by atoms with Crippen LogP contribution in [0.5, 0.6) is 0 Å². The number of halogens is 1. The second kappa shape index (κ2) is 6.46. The lowest BCUT2D eigenvalue weighted by molar-refractivity contribution is -0.124. The Hall–Kier alpha value is -0.920. The minimum atomic E-state index is -3.55. The number of hydrogen-bond donors (Lipinski definition) is 2. The van der Waals surface area contributed by atoms with Gasteiger partial charge in [-0.1, -0.05) is 28.1 Å². The first-order valence-corrected chi connectivity index (χ1v) is 9.24. The van der Waals surface area contributed by atoms with E-state index in [1.54, 1.807) is 6.92 Å². The van der Waals surface area contributed by atoms with Gasteiger partial charge < -0.3 is 5.32 Å². The van der Waals surface area contributed by atoms with E-state index in [0.29, 0.717) is 19.3 Å². The minimum Gasteiger partial charge on any atom is -0.349 e. The van der Waals surface area contributed by atoms with Gasteiger partial charge in [-0.05, 0) is 43.4 Å². The molecule has 0 spiro atoms. The Balaban J connectivity index is 2.21. The summed E-state index contributed by atoms with van der Waals surface area (Å²) in [6.07, 6.45) is 1.54. The molecule has 1 aliphatic heterocycles. The first-order chi connectivity index (χ1) is 9.77. The second-order valence-corrected chi connectivity index (χ2v) is 8.43. The van der Waals surface area contributed by atoms with E-state index in [-0.39, 0.29) is 17.9 Å². The highest BCUT2D eigenvalue weighted by atomic mass is 79.9. The van der Waals surface area contributed by atoms with Crippen LogP contribution in [0.2, 0.25) is 0 Å². The molecule has 1 aliphatic rings. The van der Waals surface area contributed by atoms with E-state index in [1.807, 2.05) is 24.3 Å². The lowest BCUT2D eigenvalue weighted by atomic mass is 9.83. The van der Waals surface area contributed by atoms with Gasteiger partial charge in [0.25, 0.3) is 0 Å². The summed E-state index contributed by atoms with van der Waals surface area (Å²) in [5.74, 6) is 0.0691. The van der Waals surface area contributed by atoms with E-state index >= 15 is 0 Å². The number of carbonyl (C=O) groups is 1. The zero-order chi connectivity index (χ0) is 15.6. The summed E-state index contributed by atoms with van der Waals surface area (Å²) in [7, 11) is -3.55. The lowest BCUT2D eigenvalue weighted by Crippen LogP contribution is -2.40.